The fourth-order valence-corrected chi connectivity index (χ4v) is 5.36. The molecule has 2 aliphatic carbocycles. The molecular formula is C21H20N2O5. The van der Waals surface area contributed by atoms with Crippen molar-refractivity contribution in [3.8, 4) is 0 Å². The highest BCUT2D eigenvalue weighted by molar-refractivity contribution is 6.13. The number of esters is 1. The Hall–Kier alpha value is -2.96. The van der Waals surface area contributed by atoms with E-state index in [1.807, 2.05) is 0 Å². The summed E-state index contributed by atoms with van der Waals surface area (Å²) < 4.78 is 5.88. The number of nitrogens with one attached hydrogen (secondary N) is 1. The van der Waals surface area contributed by atoms with Crippen LogP contribution >= 0.6 is 0 Å². The van der Waals surface area contributed by atoms with E-state index in [4.69, 9.17) is 4.74 Å². The van der Waals surface area contributed by atoms with Crippen molar-refractivity contribution < 1.29 is 23.9 Å². The third-order valence-corrected chi connectivity index (χ3v) is 6.68. The highest BCUT2D eigenvalue weighted by Gasteiger charge is 2.75. The number of hydrogen-bond acceptors (Lipinski definition) is 5. The second-order valence-electron chi connectivity index (χ2n) is 8.04. The van der Waals surface area contributed by atoms with Crippen LogP contribution in [-0.2, 0) is 19.1 Å². The molecule has 3 aliphatic heterocycles. The van der Waals surface area contributed by atoms with E-state index < -0.39 is 40.8 Å². The van der Waals surface area contributed by atoms with E-state index in [1.54, 1.807) is 36.4 Å². The molecule has 7 nitrogen and oxygen atoms in total. The largest absolute Gasteiger partial charge is 0.452 e. The van der Waals surface area contributed by atoms with E-state index in [2.05, 4.69) is 5.32 Å². The SMILES string of the molecule is CN1C(=O)C2C(C1=O)C13CCCCC1=CC2(NC(=O)c1ccccc1)C(=O)O3. The van der Waals surface area contributed by atoms with E-state index in [9.17, 15) is 19.2 Å². The van der Waals surface area contributed by atoms with Gasteiger partial charge in [-0.15, -0.1) is 0 Å². The maximum absolute atomic E-state index is 13.1. The summed E-state index contributed by atoms with van der Waals surface area (Å²) in [6, 6.07) is 8.49. The van der Waals surface area contributed by atoms with Crippen molar-refractivity contribution in [1.29, 1.82) is 0 Å². The van der Waals surface area contributed by atoms with Crippen LogP contribution in [0.4, 0.5) is 0 Å². The van der Waals surface area contributed by atoms with Gasteiger partial charge >= 0.3 is 5.97 Å². The van der Waals surface area contributed by atoms with Crippen molar-refractivity contribution in [2.45, 2.75) is 36.8 Å². The van der Waals surface area contributed by atoms with Crippen LogP contribution in [0.2, 0.25) is 0 Å². The zero-order valence-electron chi connectivity index (χ0n) is 15.4. The second kappa shape index (κ2) is 5.53. The number of carbonyl (C=O) groups excluding carboxylic acids is 4. The molecule has 4 unspecified atom stereocenters. The molecule has 6 rings (SSSR count). The Balaban J connectivity index is 1.67. The van der Waals surface area contributed by atoms with Crippen LogP contribution in [0.5, 0.6) is 0 Å². The first-order chi connectivity index (χ1) is 13.4. The third kappa shape index (κ3) is 1.94. The smallest absolute Gasteiger partial charge is 0.337 e. The monoisotopic (exact) mass is 380 g/mol. The van der Waals surface area contributed by atoms with Crippen molar-refractivity contribution >= 4 is 23.7 Å². The van der Waals surface area contributed by atoms with Gasteiger partial charge in [0.1, 0.15) is 5.60 Å². The molecular weight excluding hydrogens is 360 g/mol. The highest BCUT2D eigenvalue weighted by atomic mass is 16.6. The number of amides is 3. The number of likely N-dealkylation sites (tertiary alicyclic amines) is 1. The van der Waals surface area contributed by atoms with Gasteiger partial charge in [-0.25, -0.2) is 4.79 Å². The number of ether oxygens (including phenoxy) is 1. The first-order valence-electron chi connectivity index (χ1n) is 9.55. The number of fused-ring (bicyclic) bond motifs is 1. The molecule has 28 heavy (non-hydrogen) atoms. The first kappa shape index (κ1) is 17.2. The summed E-state index contributed by atoms with van der Waals surface area (Å²) in [7, 11) is 1.43. The number of nitrogens with zero attached hydrogens (tertiary/aromatic N) is 1. The fraction of sp³-hybridized carbons (Fsp3) is 0.429. The van der Waals surface area contributed by atoms with Gasteiger partial charge in [-0.05, 0) is 49.5 Å². The molecule has 3 amide bonds. The minimum absolute atomic E-state index is 0.340. The van der Waals surface area contributed by atoms with Crippen molar-refractivity contribution in [1.82, 2.24) is 10.2 Å². The highest BCUT2D eigenvalue weighted by Crippen LogP contribution is 2.59. The van der Waals surface area contributed by atoms with Crippen LogP contribution in [0.15, 0.2) is 42.0 Å². The fourth-order valence-electron chi connectivity index (χ4n) is 5.36. The van der Waals surface area contributed by atoms with Crippen molar-refractivity contribution in [3.63, 3.8) is 0 Å². The second-order valence-corrected chi connectivity index (χ2v) is 8.04. The molecule has 1 aromatic rings. The molecule has 3 heterocycles. The van der Waals surface area contributed by atoms with Gasteiger partial charge in [0.15, 0.2) is 5.54 Å². The summed E-state index contributed by atoms with van der Waals surface area (Å²) in [5, 5.41) is 2.77. The van der Waals surface area contributed by atoms with Gasteiger partial charge in [0.05, 0.1) is 11.8 Å². The number of benzene rings is 1. The third-order valence-electron chi connectivity index (χ3n) is 6.68. The molecule has 7 heteroatoms. The Labute approximate surface area is 161 Å². The Morgan fingerprint density at radius 3 is 2.57 bits per heavy atom. The Kier molecular flexibility index (Phi) is 3.39. The average Bonchev–Trinajstić information content (AvgIpc) is 2.94. The zero-order valence-corrected chi connectivity index (χ0v) is 15.4. The van der Waals surface area contributed by atoms with Crippen LogP contribution < -0.4 is 5.32 Å². The van der Waals surface area contributed by atoms with Crippen molar-refractivity contribution in [2.75, 3.05) is 7.05 Å². The predicted molar refractivity (Wildman–Crippen MR) is 96.8 cm³/mol. The number of carbonyl (C=O) groups is 4. The number of rotatable bonds is 2. The molecule has 4 atom stereocenters. The summed E-state index contributed by atoms with van der Waals surface area (Å²) in [5.41, 5.74) is -1.47. The van der Waals surface area contributed by atoms with Crippen LogP contribution in [0.25, 0.3) is 0 Å². The van der Waals surface area contributed by atoms with Gasteiger partial charge < -0.3 is 10.1 Å². The molecule has 144 valence electrons. The molecule has 1 spiro atoms. The van der Waals surface area contributed by atoms with Crippen LogP contribution in [0.1, 0.15) is 36.0 Å². The van der Waals surface area contributed by atoms with E-state index in [-0.39, 0.29) is 5.91 Å². The number of imide groups is 1. The quantitative estimate of drug-likeness (QED) is 0.473. The Morgan fingerprint density at radius 2 is 1.82 bits per heavy atom. The van der Waals surface area contributed by atoms with Crippen LogP contribution in [0, 0.1) is 11.8 Å². The number of hydrogen-bond donors (Lipinski definition) is 1. The molecule has 3 fully saturated rings. The molecule has 1 aromatic carbocycles. The van der Waals surface area contributed by atoms with E-state index in [1.165, 1.54) is 7.05 Å². The minimum Gasteiger partial charge on any atom is -0.452 e. The molecule has 0 radical (unpaired) electrons. The van der Waals surface area contributed by atoms with Gasteiger partial charge in [-0.2, -0.15) is 0 Å². The Bertz CT molecular complexity index is 955. The predicted octanol–water partition coefficient (Wildman–Crippen LogP) is 1.20. The molecule has 5 aliphatic rings. The molecule has 0 aromatic heterocycles. The summed E-state index contributed by atoms with van der Waals surface area (Å²) in [4.78, 5) is 53.1. The van der Waals surface area contributed by atoms with Crippen molar-refractivity contribution in [2.24, 2.45) is 11.8 Å². The zero-order chi connectivity index (χ0) is 19.7. The van der Waals surface area contributed by atoms with Gasteiger partial charge in [-0.3, -0.25) is 19.3 Å². The minimum atomic E-state index is -1.65. The van der Waals surface area contributed by atoms with Gasteiger partial charge in [0.2, 0.25) is 11.8 Å². The van der Waals surface area contributed by atoms with E-state index >= 15 is 0 Å². The summed E-state index contributed by atoms with van der Waals surface area (Å²) >= 11 is 0. The van der Waals surface area contributed by atoms with Gasteiger partial charge in [0, 0.05) is 12.6 Å². The lowest BCUT2D eigenvalue weighted by Crippen LogP contribution is -2.74. The standard InChI is InChI=1S/C21H20N2O5/c1-23-17(25)14-15(18(23)26)21-10-6-5-9-13(21)11-20(14,19(27)28-21)22-16(24)12-7-3-2-4-8-12/h2-4,7-8,11,14-15H,5-6,9-10H2,1H3,(H,22,24). The lowest BCUT2D eigenvalue weighted by molar-refractivity contribution is -0.195. The van der Waals surface area contributed by atoms with Crippen LogP contribution in [0.3, 0.4) is 0 Å². The normalized spacial score (nSPS) is 35.8. The topological polar surface area (TPSA) is 92.8 Å². The summed E-state index contributed by atoms with van der Waals surface area (Å²) in [5.74, 6) is -3.67. The lowest BCUT2D eigenvalue weighted by atomic mass is 9.56. The van der Waals surface area contributed by atoms with E-state index in [0.29, 0.717) is 18.4 Å². The molecule has 1 N–H and O–H groups in total. The van der Waals surface area contributed by atoms with E-state index in [0.717, 1.165) is 23.3 Å². The first-order valence-corrected chi connectivity index (χ1v) is 9.55. The maximum Gasteiger partial charge on any atom is 0.337 e. The van der Waals surface area contributed by atoms with Gasteiger partial charge in [-0.1, -0.05) is 18.2 Å². The summed E-state index contributed by atoms with van der Waals surface area (Å²) in [6.45, 7) is 0. The average molecular weight is 380 g/mol. The molecule has 1 saturated carbocycles. The summed E-state index contributed by atoms with van der Waals surface area (Å²) in [6.07, 6.45) is 4.67. The molecule has 2 saturated heterocycles. The lowest BCUT2D eigenvalue weighted by Gasteiger charge is -2.56. The molecule has 2 bridgehead atoms. The van der Waals surface area contributed by atoms with Gasteiger partial charge in [0.25, 0.3) is 5.91 Å². The maximum atomic E-state index is 13.1. The Morgan fingerprint density at radius 1 is 1.11 bits per heavy atom. The van der Waals surface area contributed by atoms with Crippen molar-refractivity contribution in [3.05, 3.63) is 47.5 Å². The van der Waals surface area contributed by atoms with Crippen LogP contribution in [-0.4, -0.2) is 46.8 Å².